The quantitative estimate of drug-likeness (QED) is 0.594. The van der Waals surface area contributed by atoms with Gasteiger partial charge in [-0.1, -0.05) is 0 Å². The Bertz CT molecular complexity index is 273. The van der Waals surface area contributed by atoms with E-state index >= 15 is 0 Å². The summed E-state index contributed by atoms with van der Waals surface area (Å²) in [7, 11) is 0. The molecule has 0 atom stereocenters. The third kappa shape index (κ3) is 1.84. The maximum absolute atomic E-state index is 11.9. The molecular weight excluding hydrogens is 169 g/mol. The minimum Gasteiger partial charge on any atom is -0.376 e. The van der Waals surface area contributed by atoms with E-state index in [4.69, 9.17) is 0 Å². The van der Waals surface area contributed by atoms with Gasteiger partial charge in [0.15, 0.2) is 0 Å². The summed E-state index contributed by atoms with van der Waals surface area (Å²) < 4.78 is 35.8. The number of rotatable bonds is 1. The Balaban J connectivity index is 3.00. The zero-order chi connectivity index (χ0) is 9.19. The normalized spacial score (nSPS) is 11.2. The van der Waals surface area contributed by atoms with Gasteiger partial charge in [0, 0.05) is 5.56 Å². The molecule has 4 heteroatoms. The number of carbonyl (C=O) groups excluding carboxylic acids is 1. The molecule has 1 aromatic carbocycles. The van der Waals surface area contributed by atoms with Crippen molar-refractivity contribution in [3.05, 3.63) is 35.4 Å². The lowest BCUT2D eigenvalue weighted by molar-refractivity contribution is -0.137. The average Bonchev–Trinajstić information content (AvgIpc) is 2.03. The van der Waals surface area contributed by atoms with Crippen LogP contribution in [0.2, 0.25) is 0 Å². The van der Waals surface area contributed by atoms with Crippen molar-refractivity contribution < 1.29 is 18.0 Å². The molecule has 1 rings (SSSR count). The molecule has 1 nitrogen and oxygen atoms in total. The van der Waals surface area contributed by atoms with E-state index in [1.165, 1.54) is 6.29 Å². The molecule has 0 heterocycles. The first kappa shape index (κ1) is 8.77. The number of hydrogen-bond donors (Lipinski definition) is 0. The molecule has 0 aliphatic rings. The van der Waals surface area contributed by atoms with Crippen LogP contribution in [0.4, 0.5) is 13.2 Å². The fourth-order valence-electron chi connectivity index (χ4n) is 0.727. The third-order valence-corrected chi connectivity index (χ3v) is 1.33. The Hall–Kier alpha value is -1.32. The van der Waals surface area contributed by atoms with Gasteiger partial charge in [-0.25, -0.2) is 0 Å². The Labute approximate surface area is 66.8 Å². The van der Waals surface area contributed by atoms with Gasteiger partial charge < -0.3 is 4.79 Å². The molecule has 0 aliphatic heterocycles. The van der Waals surface area contributed by atoms with Crippen molar-refractivity contribution in [3.8, 4) is 0 Å². The van der Waals surface area contributed by atoms with Crippen LogP contribution in [0.15, 0.2) is 24.3 Å². The molecular formula is C8H4F3O-. The summed E-state index contributed by atoms with van der Waals surface area (Å²) in [6.07, 6.45) is -2.86. The number of alkyl halides is 3. The second-order valence-corrected chi connectivity index (χ2v) is 2.18. The first-order valence-electron chi connectivity index (χ1n) is 3.09. The fraction of sp³-hybridized carbons (Fsp3) is 0.125. The maximum Gasteiger partial charge on any atom is 0.414 e. The topological polar surface area (TPSA) is 17.1 Å². The lowest BCUT2D eigenvalue weighted by atomic mass is 10.1. The van der Waals surface area contributed by atoms with E-state index in [1.54, 1.807) is 0 Å². The molecule has 0 saturated heterocycles. The zero-order valence-corrected chi connectivity index (χ0v) is 5.85. The summed E-state index contributed by atoms with van der Waals surface area (Å²) in [5.74, 6) is 0. The van der Waals surface area contributed by atoms with E-state index in [0.717, 1.165) is 24.3 Å². The van der Waals surface area contributed by atoms with Gasteiger partial charge in [-0.2, -0.15) is 30.9 Å². The van der Waals surface area contributed by atoms with Gasteiger partial charge in [-0.3, -0.25) is 0 Å². The highest BCUT2D eigenvalue weighted by Gasteiger charge is 2.28. The molecule has 0 spiro atoms. The van der Waals surface area contributed by atoms with Gasteiger partial charge in [0.25, 0.3) is 0 Å². The summed E-state index contributed by atoms with van der Waals surface area (Å²) in [4.78, 5) is 9.96. The lowest BCUT2D eigenvalue weighted by Crippen LogP contribution is -2.04. The van der Waals surface area contributed by atoms with E-state index in [9.17, 15) is 18.0 Å². The predicted octanol–water partition coefficient (Wildman–Crippen LogP) is 2.16. The summed E-state index contributed by atoms with van der Waals surface area (Å²) in [5, 5.41) is 0. The van der Waals surface area contributed by atoms with Crippen molar-refractivity contribution in [2.24, 2.45) is 0 Å². The highest BCUT2D eigenvalue weighted by Crippen LogP contribution is 2.28. The molecule has 12 heavy (non-hydrogen) atoms. The average molecular weight is 173 g/mol. The standard InChI is InChI=1S/C8H4F3O/c9-8(10,11)7-3-1-6(5-12)2-4-7/h1-4H/q-1. The van der Waals surface area contributed by atoms with E-state index in [-0.39, 0.29) is 5.56 Å². The van der Waals surface area contributed by atoms with Crippen LogP contribution in [-0.2, 0) is 11.0 Å². The largest absolute Gasteiger partial charge is 0.414 e. The minimum atomic E-state index is -4.35. The van der Waals surface area contributed by atoms with Crippen LogP contribution < -0.4 is 0 Å². The van der Waals surface area contributed by atoms with Crippen LogP contribution in [-0.4, -0.2) is 6.29 Å². The van der Waals surface area contributed by atoms with Crippen molar-refractivity contribution in [1.29, 1.82) is 0 Å². The molecule has 64 valence electrons. The monoisotopic (exact) mass is 173 g/mol. The number of halogens is 3. The molecule has 0 fully saturated rings. The Morgan fingerprint density at radius 1 is 1.08 bits per heavy atom. The fourth-order valence-corrected chi connectivity index (χ4v) is 0.727. The van der Waals surface area contributed by atoms with Crippen molar-refractivity contribution in [1.82, 2.24) is 0 Å². The lowest BCUT2D eigenvalue weighted by Gasteiger charge is -2.08. The number of hydrogen-bond acceptors (Lipinski definition) is 1. The summed E-state index contributed by atoms with van der Waals surface area (Å²) in [6.45, 7) is 0. The van der Waals surface area contributed by atoms with Crippen molar-refractivity contribution >= 4 is 6.29 Å². The molecule has 0 amide bonds. The molecule has 0 bridgehead atoms. The van der Waals surface area contributed by atoms with Crippen LogP contribution in [0.3, 0.4) is 0 Å². The predicted molar refractivity (Wildman–Crippen MR) is 36.2 cm³/mol. The number of benzene rings is 1. The van der Waals surface area contributed by atoms with Crippen LogP contribution >= 0.6 is 0 Å². The van der Waals surface area contributed by atoms with Crippen LogP contribution in [0.1, 0.15) is 11.1 Å². The van der Waals surface area contributed by atoms with Crippen molar-refractivity contribution in [3.63, 3.8) is 0 Å². The van der Waals surface area contributed by atoms with Crippen LogP contribution in [0, 0.1) is 0 Å². The van der Waals surface area contributed by atoms with Gasteiger partial charge in [-0.15, -0.1) is 12.1 Å². The molecule has 0 aromatic heterocycles. The first-order chi connectivity index (χ1) is 5.54. The molecule has 0 radical (unpaired) electrons. The van der Waals surface area contributed by atoms with E-state index in [2.05, 4.69) is 0 Å². The second-order valence-electron chi connectivity index (χ2n) is 2.18. The Morgan fingerprint density at radius 3 is 1.92 bits per heavy atom. The minimum absolute atomic E-state index is 0.114. The van der Waals surface area contributed by atoms with E-state index in [0.29, 0.717) is 0 Å². The van der Waals surface area contributed by atoms with Crippen LogP contribution in [0.5, 0.6) is 0 Å². The van der Waals surface area contributed by atoms with Gasteiger partial charge in [0.05, 0.1) is 6.29 Å². The van der Waals surface area contributed by atoms with Crippen molar-refractivity contribution in [2.45, 2.75) is 6.18 Å². The van der Waals surface area contributed by atoms with Gasteiger partial charge in [0.2, 0.25) is 0 Å². The second kappa shape index (κ2) is 2.97. The van der Waals surface area contributed by atoms with E-state index < -0.39 is 11.7 Å². The highest BCUT2D eigenvalue weighted by molar-refractivity contribution is 5.75. The summed E-state index contributed by atoms with van der Waals surface area (Å²) in [6, 6.07) is 3.85. The summed E-state index contributed by atoms with van der Waals surface area (Å²) >= 11 is 0. The van der Waals surface area contributed by atoms with Crippen molar-refractivity contribution in [2.75, 3.05) is 0 Å². The zero-order valence-electron chi connectivity index (χ0n) is 5.85. The third-order valence-electron chi connectivity index (χ3n) is 1.33. The Morgan fingerprint density at radius 2 is 1.58 bits per heavy atom. The molecule has 0 N–H and O–H groups in total. The SMILES string of the molecule is O=[C-]c1ccc(C(F)(F)F)cc1. The van der Waals surface area contributed by atoms with Gasteiger partial charge >= 0.3 is 6.18 Å². The molecule has 0 saturated carbocycles. The highest BCUT2D eigenvalue weighted by atomic mass is 19.4. The Kier molecular flexibility index (Phi) is 2.17. The van der Waals surface area contributed by atoms with Gasteiger partial charge in [0.1, 0.15) is 0 Å². The smallest absolute Gasteiger partial charge is 0.376 e. The molecule has 1 aromatic rings. The first-order valence-corrected chi connectivity index (χ1v) is 3.09. The summed E-state index contributed by atoms with van der Waals surface area (Å²) in [5.41, 5.74) is -0.649. The molecule has 0 aliphatic carbocycles. The maximum atomic E-state index is 11.9. The van der Waals surface area contributed by atoms with Gasteiger partial charge in [-0.05, 0) is 0 Å². The van der Waals surface area contributed by atoms with E-state index in [1.807, 2.05) is 0 Å². The molecule has 0 unspecified atom stereocenters. The van der Waals surface area contributed by atoms with Crippen LogP contribution in [0.25, 0.3) is 0 Å².